The molecule has 1 atom stereocenters. The van der Waals surface area contributed by atoms with E-state index in [0.717, 1.165) is 35.3 Å². The zero-order valence-corrected chi connectivity index (χ0v) is 20.8. The zero-order chi connectivity index (χ0) is 26.3. The highest BCUT2D eigenvalue weighted by molar-refractivity contribution is 6.02. The fourth-order valence-corrected chi connectivity index (χ4v) is 5.16. The minimum Gasteiger partial charge on any atom is -0.336 e. The summed E-state index contributed by atoms with van der Waals surface area (Å²) in [5.41, 5.74) is 12.2. The highest BCUT2D eigenvalue weighted by Crippen LogP contribution is 2.39. The van der Waals surface area contributed by atoms with Crippen LogP contribution in [0.2, 0.25) is 0 Å². The standard InChI is InChI=1S/C29H28F3N5/c1-17-3-4-20(9-18(17)2)29-28(19-5-6-21(12-33)25(30)10-19)24-11-23(15-36-8-7-22(34)14-36)37(16-27(31)32)26(24)13-35-29/h3-6,9-11,13,22,27H,7-8,14-16,34H2,1-2H3/t22-/m0/s1. The number of hydrogen-bond donors (Lipinski definition) is 1. The van der Waals surface area contributed by atoms with Crippen LogP contribution in [-0.2, 0) is 13.1 Å². The van der Waals surface area contributed by atoms with Crippen molar-refractivity contribution >= 4 is 10.9 Å². The van der Waals surface area contributed by atoms with Crippen molar-refractivity contribution < 1.29 is 13.2 Å². The molecule has 0 spiro atoms. The molecule has 1 aliphatic rings. The second-order valence-corrected chi connectivity index (χ2v) is 9.81. The number of benzene rings is 2. The van der Waals surface area contributed by atoms with Gasteiger partial charge < -0.3 is 10.3 Å². The fraction of sp³-hybridized carbons (Fsp3) is 0.310. The Balaban J connectivity index is 1.77. The lowest BCUT2D eigenvalue weighted by Crippen LogP contribution is -2.27. The van der Waals surface area contributed by atoms with E-state index in [-0.39, 0.29) is 11.6 Å². The van der Waals surface area contributed by atoms with E-state index >= 15 is 0 Å². The van der Waals surface area contributed by atoms with E-state index < -0.39 is 18.8 Å². The molecule has 0 aliphatic carbocycles. The summed E-state index contributed by atoms with van der Waals surface area (Å²) < 4.78 is 43.8. The lowest BCUT2D eigenvalue weighted by Gasteiger charge is -2.17. The number of fused-ring (bicyclic) bond motifs is 1. The van der Waals surface area contributed by atoms with Crippen LogP contribution >= 0.6 is 0 Å². The zero-order valence-electron chi connectivity index (χ0n) is 20.8. The predicted molar refractivity (Wildman–Crippen MR) is 139 cm³/mol. The van der Waals surface area contributed by atoms with Crippen LogP contribution in [0.25, 0.3) is 33.3 Å². The molecule has 1 fully saturated rings. The molecule has 2 aromatic heterocycles. The lowest BCUT2D eigenvalue weighted by molar-refractivity contribution is 0.126. The van der Waals surface area contributed by atoms with Crippen LogP contribution in [0.15, 0.2) is 48.7 Å². The molecule has 0 bridgehead atoms. The highest BCUT2D eigenvalue weighted by Gasteiger charge is 2.24. The molecule has 190 valence electrons. The van der Waals surface area contributed by atoms with Gasteiger partial charge in [0, 0.05) is 47.9 Å². The van der Waals surface area contributed by atoms with E-state index in [9.17, 15) is 18.4 Å². The Bertz CT molecular complexity index is 1520. The van der Waals surface area contributed by atoms with Crippen molar-refractivity contribution in [2.24, 2.45) is 5.73 Å². The van der Waals surface area contributed by atoms with Gasteiger partial charge in [-0.15, -0.1) is 0 Å². The van der Waals surface area contributed by atoms with Gasteiger partial charge in [-0.25, -0.2) is 13.2 Å². The number of aromatic nitrogens is 2. The second-order valence-electron chi connectivity index (χ2n) is 9.81. The van der Waals surface area contributed by atoms with Crippen LogP contribution in [-0.4, -0.2) is 40.0 Å². The molecule has 5 nitrogen and oxygen atoms in total. The number of halogens is 3. The van der Waals surface area contributed by atoms with E-state index in [4.69, 9.17) is 10.7 Å². The number of alkyl halides is 2. The van der Waals surface area contributed by atoms with Crippen molar-refractivity contribution in [3.8, 4) is 28.5 Å². The number of aryl methyl sites for hydroxylation is 2. The van der Waals surface area contributed by atoms with Gasteiger partial charge in [0.05, 0.1) is 29.5 Å². The number of nitriles is 1. The number of pyridine rings is 1. The Morgan fingerprint density at radius 1 is 1.11 bits per heavy atom. The number of likely N-dealkylation sites (tertiary alicyclic amines) is 1. The number of hydrogen-bond acceptors (Lipinski definition) is 4. The fourth-order valence-electron chi connectivity index (χ4n) is 5.16. The molecule has 0 saturated carbocycles. The molecule has 2 N–H and O–H groups in total. The van der Waals surface area contributed by atoms with Gasteiger partial charge in [0.2, 0.25) is 0 Å². The Hall–Kier alpha value is -3.67. The van der Waals surface area contributed by atoms with Crippen molar-refractivity contribution in [3.05, 3.63) is 76.9 Å². The smallest absolute Gasteiger partial charge is 0.256 e. The summed E-state index contributed by atoms with van der Waals surface area (Å²) in [7, 11) is 0. The van der Waals surface area contributed by atoms with Gasteiger partial charge in [-0.3, -0.25) is 9.88 Å². The van der Waals surface area contributed by atoms with E-state index in [1.165, 1.54) is 12.1 Å². The normalized spacial score (nSPS) is 16.1. The summed E-state index contributed by atoms with van der Waals surface area (Å²) >= 11 is 0. The highest BCUT2D eigenvalue weighted by atomic mass is 19.3. The Morgan fingerprint density at radius 3 is 2.54 bits per heavy atom. The second kappa shape index (κ2) is 10.0. The third-order valence-electron chi connectivity index (χ3n) is 7.22. The van der Waals surface area contributed by atoms with Gasteiger partial charge in [0.1, 0.15) is 11.9 Å². The van der Waals surface area contributed by atoms with Crippen molar-refractivity contribution in [1.29, 1.82) is 5.26 Å². The molecule has 1 aliphatic heterocycles. The van der Waals surface area contributed by atoms with Crippen LogP contribution in [0.5, 0.6) is 0 Å². The number of nitrogens with two attached hydrogens (primary N) is 1. The van der Waals surface area contributed by atoms with Crippen LogP contribution < -0.4 is 5.73 Å². The van der Waals surface area contributed by atoms with Crippen LogP contribution in [0.4, 0.5) is 13.2 Å². The summed E-state index contributed by atoms with van der Waals surface area (Å²) in [5, 5.41) is 9.94. The Kier molecular flexibility index (Phi) is 6.76. The molecule has 3 heterocycles. The first-order valence-electron chi connectivity index (χ1n) is 12.3. The molecule has 1 saturated heterocycles. The minimum atomic E-state index is -2.55. The Morgan fingerprint density at radius 2 is 1.89 bits per heavy atom. The van der Waals surface area contributed by atoms with E-state index in [0.29, 0.717) is 40.8 Å². The number of rotatable bonds is 6. The van der Waals surface area contributed by atoms with Crippen molar-refractivity contribution in [3.63, 3.8) is 0 Å². The number of nitrogens with zero attached hydrogens (tertiary/aromatic N) is 4. The third-order valence-corrected chi connectivity index (χ3v) is 7.22. The van der Waals surface area contributed by atoms with Crippen LogP contribution in [0.3, 0.4) is 0 Å². The molecule has 2 aromatic carbocycles. The van der Waals surface area contributed by atoms with Crippen LogP contribution in [0.1, 0.15) is 28.8 Å². The molecular formula is C29H28F3N5. The van der Waals surface area contributed by atoms with Gasteiger partial charge in [0.15, 0.2) is 0 Å². The molecule has 0 unspecified atom stereocenters. The summed E-state index contributed by atoms with van der Waals surface area (Å²) in [6.45, 7) is 5.55. The monoisotopic (exact) mass is 503 g/mol. The molecule has 4 aromatic rings. The van der Waals surface area contributed by atoms with Gasteiger partial charge in [-0.2, -0.15) is 5.26 Å². The molecule has 8 heteroatoms. The average Bonchev–Trinajstić information content (AvgIpc) is 3.42. The first kappa shape index (κ1) is 25.0. The predicted octanol–water partition coefficient (Wildman–Crippen LogP) is 5.80. The van der Waals surface area contributed by atoms with Gasteiger partial charge in [0.25, 0.3) is 6.43 Å². The van der Waals surface area contributed by atoms with Gasteiger partial charge in [-0.05, 0) is 61.2 Å². The maximum atomic E-state index is 14.8. The Labute approximate surface area is 213 Å². The van der Waals surface area contributed by atoms with E-state index in [2.05, 4.69) is 4.90 Å². The quantitative estimate of drug-likeness (QED) is 0.361. The first-order valence-corrected chi connectivity index (χ1v) is 12.3. The molecule has 37 heavy (non-hydrogen) atoms. The SMILES string of the molecule is Cc1ccc(-c2ncc3c(cc(CN4CC[C@H](N)C4)n3CC(F)F)c2-c2ccc(C#N)c(F)c2)cc1C. The van der Waals surface area contributed by atoms with E-state index in [1.807, 2.05) is 44.2 Å². The molecular weight excluding hydrogens is 475 g/mol. The van der Waals surface area contributed by atoms with Gasteiger partial charge in [-0.1, -0.05) is 18.2 Å². The van der Waals surface area contributed by atoms with E-state index in [1.54, 1.807) is 16.8 Å². The molecule has 0 amide bonds. The molecule has 0 radical (unpaired) electrons. The minimum absolute atomic E-state index is 0.0575. The molecule has 5 rings (SSSR count). The van der Waals surface area contributed by atoms with Gasteiger partial charge >= 0.3 is 0 Å². The first-order chi connectivity index (χ1) is 17.7. The lowest BCUT2D eigenvalue weighted by atomic mass is 9.94. The maximum Gasteiger partial charge on any atom is 0.256 e. The summed E-state index contributed by atoms with van der Waals surface area (Å²) in [6.07, 6.45) is -0.0562. The summed E-state index contributed by atoms with van der Waals surface area (Å²) in [4.78, 5) is 6.90. The van der Waals surface area contributed by atoms with Crippen molar-refractivity contribution in [1.82, 2.24) is 14.5 Å². The summed E-state index contributed by atoms with van der Waals surface area (Å²) in [6, 6.07) is 14.3. The average molecular weight is 504 g/mol. The largest absolute Gasteiger partial charge is 0.336 e. The third kappa shape index (κ3) is 4.85. The van der Waals surface area contributed by atoms with Crippen LogP contribution in [0, 0.1) is 31.0 Å². The van der Waals surface area contributed by atoms with Crippen molar-refractivity contribution in [2.45, 2.75) is 45.8 Å². The topological polar surface area (TPSA) is 70.9 Å². The summed E-state index contributed by atoms with van der Waals surface area (Å²) in [5.74, 6) is -0.638. The van der Waals surface area contributed by atoms with Crippen molar-refractivity contribution in [2.75, 3.05) is 13.1 Å². The maximum absolute atomic E-state index is 14.8.